The van der Waals surface area contributed by atoms with Crippen LogP contribution in [-0.4, -0.2) is 37.8 Å². The molecule has 0 aromatic heterocycles. The molecule has 0 bridgehead atoms. The van der Waals surface area contributed by atoms with Gasteiger partial charge < -0.3 is 9.47 Å². The van der Waals surface area contributed by atoms with Crippen molar-refractivity contribution in [2.45, 2.75) is 0 Å². The van der Waals surface area contributed by atoms with E-state index in [-0.39, 0.29) is 22.7 Å². The van der Waals surface area contributed by atoms with Crippen molar-refractivity contribution in [3.8, 4) is 0 Å². The number of imide groups is 2. The first kappa shape index (κ1) is 13.5. The number of ether oxygens (including phenoxy) is 2. The Kier molecular flexibility index (Phi) is 3.38. The first-order valence-electron chi connectivity index (χ1n) is 5.45. The van der Waals surface area contributed by atoms with Crippen LogP contribution >= 0.6 is 0 Å². The standard InChI is InChI=1S/C12H10N2O6/c1-19-7-3-5(9(15)13-11(7)17)6-4-8(20-2)12(18)14-10(6)16/h3-4H,1-2H3,(H,13,15,17)(H,14,16,18). The van der Waals surface area contributed by atoms with Crippen molar-refractivity contribution in [3.63, 3.8) is 0 Å². The minimum Gasteiger partial charge on any atom is -0.491 e. The molecular weight excluding hydrogens is 268 g/mol. The van der Waals surface area contributed by atoms with Crippen LogP contribution < -0.4 is 10.6 Å². The summed E-state index contributed by atoms with van der Waals surface area (Å²) >= 11 is 0. The first-order chi connectivity index (χ1) is 9.47. The highest BCUT2D eigenvalue weighted by Gasteiger charge is 2.31. The fourth-order valence-corrected chi connectivity index (χ4v) is 1.69. The molecule has 2 rings (SSSR count). The van der Waals surface area contributed by atoms with E-state index in [2.05, 4.69) is 0 Å². The van der Waals surface area contributed by atoms with Gasteiger partial charge >= 0.3 is 0 Å². The molecule has 0 atom stereocenters. The lowest BCUT2D eigenvalue weighted by Crippen LogP contribution is -2.41. The van der Waals surface area contributed by atoms with Crippen LogP contribution in [0.15, 0.2) is 34.8 Å². The Morgan fingerprint density at radius 2 is 1.05 bits per heavy atom. The zero-order valence-electron chi connectivity index (χ0n) is 10.6. The molecule has 104 valence electrons. The number of carbonyl (C=O) groups excluding carboxylic acids is 4. The predicted molar refractivity (Wildman–Crippen MR) is 63.5 cm³/mol. The second kappa shape index (κ2) is 5.00. The Labute approximate surface area is 113 Å². The molecule has 2 N–H and O–H groups in total. The zero-order valence-corrected chi connectivity index (χ0v) is 10.6. The smallest absolute Gasteiger partial charge is 0.293 e. The normalized spacial score (nSPS) is 22.7. The molecule has 0 saturated carbocycles. The van der Waals surface area contributed by atoms with Gasteiger partial charge in [-0.1, -0.05) is 0 Å². The summed E-state index contributed by atoms with van der Waals surface area (Å²) in [6, 6.07) is 0. The van der Waals surface area contributed by atoms with Gasteiger partial charge in [-0.05, 0) is 12.2 Å². The van der Waals surface area contributed by atoms with Crippen LogP contribution in [0.3, 0.4) is 0 Å². The van der Waals surface area contributed by atoms with E-state index in [1.807, 2.05) is 10.6 Å². The van der Waals surface area contributed by atoms with Gasteiger partial charge in [0.2, 0.25) is 0 Å². The van der Waals surface area contributed by atoms with Gasteiger partial charge in [0.1, 0.15) is 0 Å². The van der Waals surface area contributed by atoms with E-state index in [9.17, 15) is 19.2 Å². The van der Waals surface area contributed by atoms with E-state index in [1.54, 1.807) is 0 Å². The Morgan fingerprint density at radius 3 is 1.35 bits per heavy atom. The van der Waals surface area contributed by atoms with E-state index in [1.165, 1.54) is 14.2 Å². The summed E-state index contributed by atoms with van der Waals surface area (Å²) in [6.07, 6.45) is 2.27. The summed E-state index contributed by atoms with van der Waals surface area (Å²) < 4.78 is 9.59. The van der Waals surface area contributed by atoms with Crippen molar-refractivity contribution in [1.82, 2.24) is 10.6 Å². The van der Waals surface area contributed by atoms with Gasteiger partial charge in [0.05, 0.1) is 25.4 Å². The lowest BCUT2D eigenvalue weighted by atomic mass is 10.00. The fourth-order valence-electron chi connectivity index (χ4n) is 1.69. The summed E-state index contributed by atoms with van der Waals surface area (Å²) in [5.41, 5.74) is -0.193. The van der Waals surface area contributed by atoms with Gasteiger partial charge in [0.15, 0.2) is 11.5 Å². The number of rotatable bonds is 2. The van der Waals surface area contributed by atoms with Gasteiger partial charge in [-0.3, -0.25) is 29.8 Å². The number of hydrogen-bond acceptors (Lipinski definition) is 6. The van der Waals surface area contributed by atoms with Crippen LogP contribution in [-0.2, 0) is 28.7 Å². The van der Waals surface area contributed by atoms with Crippen LogP contribution in [0, 0.1) is 0 Å². The SMILES string of the molecule is COC1=CC(=C2C=C(OC)C(=O)NC2=O)C(=O)NC1=O. The molecule has 20 heavy (non-hydrogen) atoms. The highest BCUT2D eigenvalue weighted by Crippen LogP contribution is 2.20. The van der Waals surface area contributed by atoms with E-state index >= 15 is 0 Å². The van der Waals surface area contributed by atoms with Crippen molar-refractivity contribution < 1.29 is 28.7 Å². The number of amides is 4. The molecule has 0 aliphatic carbocycles. The van der Waals surface area contributed by atoms with Crippen molar-refractivity contribution >= 4 is 23.6 Å². The highest BCUT2D eigenvalue weighted by molar-refractivity contribution is 6.22. The molecule has 0 saturated heterocycles. The maximum atomic E-state index is 11.8. The molecule has 2 aliphatic heterocycles. The second-order valence-electron chi connectivity index (χ2n) is 3.82. The quantitative estimate of drug-likeness (QED) is 0.477. The monoisotopic (exact) mass is 278 g/mol. The lowest BCUT2D eigenvalue weighted by Gasteiger charge is -2.19. The number of nitrogens with one attached hydrogen (secondary N) is 2. The predicted octanol–water partition coefficient (Wildman–Crippen LogP) is -1.34. The molecule has 8 nitrogen and oxygen atoms in total. The minimum atomic E-state index is -0.762. The topological polar surface area (TPSA) is 111 Å². The van der Waals surface area contributed by atoms with Crippen molar-refractivity contribution in [1.29, 1.82) is 0 Å². The Morgan fingerprint density at radius 1 is 0.700 bits per heavy atom. The van der Waals surface area contributed by atoms with Crippen LogP contribution in [0.4, 0.5) is 0 Å². The largest absolute Gasteiger partial charge is 0.491 e. The van der Waals surface area contributed by atoms with Crippen molar-refractivity contribution in [2.75, 3.05) is 14.2 Å². The molecule has 2 heterocycles. The third kappa shape index (κ3) is 2.18. The highest BCUT2D eigenvalue weighted by atomic mass is 16.5. The lowest BCUT2D eigenvalue weighted by molar-refractivity contribution is -0.131. The molecule has 0 unspecified atom stereocenters. The molecule has 2 aliphatic rings. The van der Waals surface area contributed by atoms with Crippen LogP contribution in [0.1, 0.15) is 0 Å². The molecule has 0 aromatic rings. The van der Waals surface area contributed by atoms with E-state index < -0.39 is 23.6 Å². The molecule has 0 aromatic carbocycles. The molecule has 4 amide bonds. The Hall–Kier alpha value is -2.90. The Balaban J connectivity index is 2.60. The third-order valence-electron chi connectivity index (χ3n) is 2.67. The summed E-state index contributed by atoms with van der Waals surface area (Å²) in [7, 11) is 2.51. The van der Waals surface area contributed by atoms with Gasteiger partial charge in [0, 0.05) is 0 Å². The van der Waals surface area contributed by atoms with Crippen molar-refractivity contribution in [2.24, 2.45) is 0 Å². The van der Waals surface area contributed by atoms with Crippen LogP contribution in [0.2, 0.25) is 0 Å². The van der Waals surface area contributed by atoms with Gasteiger partial charge in [-0.2, -0.15) is 0 Å². The molecule has 0 spiro atoms. The number of hydrogen-bond donors (Lipinski definition) is 2. The maximum absolute atomic E-state index is 11.8. The summed E-state index contributed by atoms with van der Waals surface area (Å²) in [5, 5.41) is 4.06. The molecule has 8 heteroatoms. The summed E-state index contributed by atoms with van der Waals surface area (Å²) in [4.78, 5) is 46.3. The summed E-state index contributed by atoms with van der Waals surface area (Å²) in [5.74, 6) is -3.17. The van der Waals surface area contributed by atoms with Crippen LogP contribution in [0.5, 0.6) is 0 Å². The number of carbonyl (C=O) groups is 4. The van der Waals surface area contributed by atoms with Crippen LogP contribution in [0.25, 0.3) is 0 Å². The third-order valence-corrected chi connectivity index (χ3v) is 2.67. The van der Waals surface area contributed by atoms with Gasteiger partial charge in [-0.15, -0.1) is 0 Å². The maximum Gasteiger partial charge on any atom is 0.293 e. The molecule has 0 radical (unpaired) electrons. The zero-order chi connectivity index (χ0) is 14.9. The van der Waals surface area contributed by atoms with E-state index in [4.69, 9.17) is 9.47 Å². The van der Waals surface area contributed by atoms with Crippen molar-refractivity contribution in [3.05, 3.63) is 34.8 Å². The Bertz CT molecular complexity index is 572. The number of methoxy groups -OCH3 is 2. The minimum absolute atomic E-state index is 0.0963. The average molecular weight is 278 g/mol. The molecular formula is C12H10N2O6. The molecule has 0 fully saturated rings. The van der Waals surface area contributed by atoms with Gasteiger partial charge in [-0.25, -0.2) is 0 Å². The van der Waals surface area contributed by atoms with Gasteiger partial charge in [0.25, 0.3) is 23.6 Å². The van der Waals surface area contributed by atoms with E-state index in [0.29, 0.717) is 0 Å². The average Bonchev–Trinajstić information content (AvgIpc) is 2.40. The second-order valence-corrected chi connectivity index (χ2v) is 3.82. The fraction of sp³-hybridized carbons (Fsp3) is 0.167. The summed E-state index contributed by atoms with van der Waals surface area (Å²) in [6.45, 7) is 0. The first-order valence-corrected chi connectivity index (χ1v) is 5.45. The van der Waals surface area contributed by atoms with E-state index in [0.717, 1.165) is 12.2 Å².